The Bertz CT molecular complexity index is 1030. The molecule has 2 aliphatic rings. The van der Waals surface area contributed by atoms with Crippen molar-refractivity contribution in [1.29, 1.82) is 0 Å². The van der Waals surface area contributed by atoms with Gasteiger partial charge in [0.1, 0.15) is 5.75 Å². The zero-order chi connectivity index (χ0) is 24.1. The van der Waals surface area contributed by atoms with E-state index in [1.807, 2.05) is 29.2 Å². The number of likely N-dealkylation sites (tertiary alicyclic amines) is 1. The molecule has 7 heteroatoms. The molecular formula is C27H32N2O5. The minimum atomic E-state index is -0.572. The van der Waals surface area contributed by atoms with Crippen molar-refractivity contribution in [1.82, 2.24) is 4.90 Å². The van der Waals surface area contributed by atoms with Crippen LogP contribution in [0.15, 0.2) is 48.5 Å². The van der Waals surface area contributed by atoms with Crippen LogP contribution in [-0.4, -0.2) is 54.5 Å². The van der Waals surface area contributed by atoms with E-state index >= 15 is 0 Å². The Balaban J connectivity index is 1.27. The van der Waals surface area contributed by atoms with Gasteiger partial charge in [-0.2, -0.15) is 0 Å². The number of carbonyl (C=O) groups is 3. The lowest BCUT2D eigenvalue weighted by molar-refractivity contribution is -0.139. The second-order valence-electron chi connectivity index (χ2n) is 9.10. The molecule has 0 aromatic heterocycles. The van der Waals surface area contributed by atoms with E-state index in [0.717, 1.165) is 43.4 Å². The molecule has 7 nitrogen and oxygen atoms in total. The topological polar surface area (TPSA) is 76.1 Å². The highest BCUT2D eigenvalue weighted by Gasteiger charge is 2.29. The molecular weight excluding hydrogens is 432 g/mol. The monoisotopic (exact) mass is 464 g/mol. The fraction of sp³-hybridized carbons (Fsp3) is 0.444. The first kappa shape index (κ1) is 23.8. The Morgan fingerprint density at radius 2 is 1.59 bits per heavy atom. The summed E-state index contributed by atoms with van der Waals surface area (Å²) < 4.78 is 10.9. The van der Waals surface area contributed by atoms with E-state index in [4.69, 9.17) is 9.47 Å². The minimum absolute atomic E-state index is 0.0269. The van der Waals surface area contributed by atoms with Crippen LogP contribution in [0.4, 0.5) is 5.69 Å². The molecule has 2 aromatic carbocycles. The first-order chi connectivity index (χ1) is 16.4. The molecule has 0 spiro atoms. The molecule has 2 heterocycles. The summed E-state index contributed by atoms with van der Waals surface area (Å²) in [6.45, 7) is 4.41. The zero-order valence-electron chi connectivity index (χ0n) is 19.9. The lowest BCUT2D eigenvalue weighted by Crippen LogP contribution is -2.49. The van der Waals surface area contributed by atoms with Crippen LogP contribution in [0.3, 0.4) is 0 Å². The Labute approximate surface area is 200 Å². The Morgan fingerprint density at radius 1 is 0.882 bits per heavy atom. The minimum Gasteiger partial charge on any atom is -0.484 e. The second-order valence-corrected chi connectivity index (χ2v) is 9.10. The van der Waals surface area contributed by atoms with Gasteiger partial charge in [0.25, 0.3) is 11.8 Å². The largest absolute Gasteiger partial charge is 0.484 e. The molecule has 1 saturated heterocycles. The van der Waals surface area contributed by atoms with Gasteiger partial charge >= 0.3 is 5.97 Å². The van der Waals surface area contributed by atoms with Gasteiger partial charge < -0.3 is 19.3 Å². The van der Waals surface area contributed by atoms with Crippen molar-refractivity contribution in [2.45, 2.75) is 58.0 Å². The number of carbonyl (C=O) groups excluding carboxylic acids is 3. The predicted octanol–water partition coefficient (Wildman–Crippen LogP) is 3.99. The molecule has 1 fully saturated rings. The molecule has 2 amide bonds. The summed E-state index contributed by atoms with van der Waals surface area (Å²) >= 11 is 0. The number of ether oxygens (including phenoxy) is 2. The summed E-state index contributed by atoms with van der Waals surface area (Å²) in [4.78, 5) is 41.3. The summed E-state index contributed by atoms with van der Waals surface area (Å²) in [5.41, 5.74) is 2.34. The van der Waals surface area contributed by atoms with E-state index in [1.54, 1.807) is 29.2 Å². The molecule has 0 saturated carbocycles. The highest BCUT2D eigenvalue weighted by atomic mass is 16.5. The number of aryl methyl sites for hydroxylation is 1. The summed E-state index contributed by atoms with van der Waals surface area (Å²) in [6, 6.07) is 14.7. The van der Waals surface area contributed by atoms with Crippen LogP contribution in [-0.2, 0) is 20.7 Å². The number of nitrogens with zero attached hydrogens (tertiary/aromatic N) is 2. The third kappa shape index (κ3) is 5.41. The number of anilines is 1. The quantitative estimate of drug-likeness (QED) is 0.604. The van der Waals surface area contributed by atoms with Crippen LogP contribution in [0.5, 0.6) is 5.75 Å². The van der Waals surface area contributed by atoms with E-state index in [2.05, 4.69) is 13.8 Å². The van der Waals surface area contributed by atoms with Crippen LogP contribution in [0, 0.1) is 0 Å². The fourth-order valence-electron chi connectivity index (χ4n) is 4.90. The molecule has 2 aliphatic heterocycles. The van der Waals surface area contributed by atoms with E-state index in [1.165, 1.54) is 0 Å². The van der Waals surface area contributed by atoms with Crippen LogP contribution in [0.25, 0.3) is 0 Å². The third-order valence-electron chi connectivity index (χ3n) is 6.67. The van der Waals surface area contributed by atoms with E-state index in [0.29, 0.717) is 17.9 Å². The normalized spacial score (nSPS) is 19.8. The molecule has 0 N–H and O–H groups in total. The van der Waals surface area contributed by atoms with Crippen molar-refractivity contribution in [2.75, 3.05) is 24.7 Å². The molecule has 0 radical (unpaired) electrons. The van der Waals surface area contributed by atoms with Gasteiger partial charge in [0.15, 0.2) is 13.2 Å². The summed E-state index contributed by atoms with van der Waals surface area (Å²) in [5.74, 6) is -0.332. The fourth-order valence-corrected chi connectivity index (χ4v) is 4.90. The number of amides is 2. The Morgan fingerprint density at radius 3 is 2.32 bits per heavy atom. The van der Waals surface area contributed by atoms with Crippen LogP contribution >= 0.6 is 0 Å². The Kier molecular flexibility index (Phi) is 7.50. The maximum atomic E-state index is 12.7. The molecule has 0 bridgehead atoms. The van der Waals surface area contributed by atoms with E-state index in [9.17, 15) is 14.4 Å². The number of rotatable bonds is 6. The molecule has 4 rings (SSSR count). The lowest BCUT2D eigenvalue weighted by atomic mass is 9.97. The van der Waals surface area contributed by atoms with Gasteiger partial charge in [-0.05, 0) is 81.8 Å². The number of esters is 1. The number of hydrogen-bond donors (Lipinski definition) is 0. The van der Waals surface area contributed by atoms with E-state index in [-0.39, 0.29) is 37.1 Å². The van der Waals surface area contributed by atoms with Crippen LogP contribution in [0.2, 0.25) is 0 Å². The van der Waals surface area contributed by atoms with Crippen LogP contribution < -0.4 is 9.64 Å². The maximum Gasteiger partial charge on any atom is 0.338 e. The predicted molar refractivity (Wildman–Crippen MR) is 129 cm³/mol. The van der Waals surface area contributed by atoms with Gasteiger partial charge in [-0.3, -0.25) is 9.59 Å². The number of para-hydroxylation sites is 1. The highest BCUT2D eigenvalue weighted by Crippen LogP contribution is 2.27. The van der Waals surface area contributed by atoms with Crippen molar-refractivity contribution in [3.05, 3.63) is 59.7 Å². The van der Waals surface area contributed by atoms with Crippen molar-refractivity contribution < 1.29 is 23.9 Å². The van der Waals surface area contributed by atoms with Crippen LogP contribution in [0.1, 0.15) is 55.5 Å². The number of benzene rings is 2. The van der Waals surface area contributed by atoms with Crippen molar-refractivity contribution >= 4 is 23.5 Å². The summed E-state index contributed by atoms with van der Waals surface area (Å²) in [6.07, 6.45) is 4.99. The van der Waals surface area contributed by atoms with E-state index < -0.39 is 5.97 Å². The average molecular weight is 465 g/mol. The first-order valence-electron chi connectivity index (χ1n) is 12.0. The van der Waals surface area contributed by atoms with Crippen molar-refractivity contribution in [3.8, 4) is 5.75 Å². The van der Waals surface area contributed by atoms with Gasteiger partial charge in [0, 0.05) is 24.3 Å². The SMILES string of the molecule is CC1CCCC(C)N1C(=O)COc1ccc(C(=O)OCC(=O)N2CCCc3ccccc32)cc1. The molecule has 180 valence electrons. The first-order valence-corrected chi connectivity index (χ1v) is 12.0. The lowest BCUT2D eigenvalue weighted by Gasteiger charge is -2.38. The van der Waals surface area contributed by atoms with Gasteiger partial charge in [-0.1, -0.05) is 18.2 Å². The van der Waals surface area contributed by atoms with Gasteiger partial charge in [0.2, 0.25) is 0 Å². The third-order valence-corrected chi connectivity index (χ3v) is 6.67. The molecule has 0 aliphatic carbocycles. The van der Waals surface area contributed by atoms with Crippen molar-refractivity contribution in [3.63, 3.8) is 0 Å². The van der Waals surface area contributed by atoms with Crippen molar-refractivity contribution in [2.24, 2.45) is 0 Å². The summed E-state index contributed by atoms with van der Waals surface area (Å²) in [5, 5.41) is 0. The standard InChI is InChI=1S/C27H32N2O5/c1-19-7-5-8-20(2)29(19)26(31)18-33-23-14-12-22(13-15-23)27(32)34-17-25(30)28-16-6-10-21-9-3-4-11-24(21)28/h3-4,9,11-15,19-20H,5-8,10,16-18H2,1-2H3. The number of hydrogen-bond acceptors (Lipinski definition) is 5. The Hall–Kier alpha value is -3.35. The zero-order valence-corrected chi connectivity index (χ0v) is 19.9. The molecule has 2 atom stereocenters. The smallest absolute Gasteiger partial charge is 0.338 e. The molecule has 34 heavy (non-hydrogen) atoms. The highest BCUT2D eigenvalue weighted by molar-refractivity contribution is 5.98. The average Bonchev–Trinajstić information content (AvgIpc) is 2.85. The number of fused-ring (bicyclic) bond motifs is 1. The maximum absolute atomic E-state index is 12.7. The second kappa shape index (κ2) is 10.7. The van der Waals surface area contributed by atoms with Gasteiger partial charge in [-0.25, -0.2) is 4.79 Å². The number of piperidine rings is 1. The van der Waals surface area contributed by atoms with Gasteiger partial charge in [0.05, 0.1) is 5.56 Å². The molecule has 2 unspecified atom stereocenters. The van der Waals surface area contributed by atoms with Gasteiger partial charge in [-0.15, -0.1) is 0 Å². The summed E-state index contributed by atoms with van der Waals surface area (Å²) in [7, 11) is 0. The molecule has 2 aromatic rings.